The number of benzene rings is 1. The summed E-state index contributed by atoms with van der Waals surface area (Å²) in [5.41, 5.74) is 2.25. The van der Waals surface area contributed by atoms with Crippen LogP contribution in [0.25, 0.3) is 10.9 Å². The quantitative estimate of drug-likeness (QED) is 0.735. The van der Waals surface area contributed by atoms with Crippen molar-refractivity contribution in [3.8, 4) is 0 Å². The van der Waals surface area contributed by atoms with Crippen molar-refractivity contribution in [3.05, 3.63) is 25.9 Å². The standard InChI is InChI=1S/C8H6BrIN2/c1-4-2-3-5(9)6-7(4)11-12-8(6)10/h2-3H,1H3,(H,11,12). The number of nitrogens with zero attached hydrogens (tertiary/aromatic N) is 1. The topological polar surface area (TPSA) is 28.7 Å². The maximum absolute atomic E-state index is 4.22. The van der Waals surface area contributed by atoms with E-state index in [0.717, 1.165) is 13.7 Å². The molecule has 0 aliphatic rings. The van der Waals surface area contributed by atoms with Crippen molar-refractivity contribution in [1.29, 1.82) is 0 Å². The molecule has 0 spiro atoms. The second-order valence-electron chi connectivity index (χ2n) is 2.63. The first-order valence-corrected chi connectivity index (χ1v) is 5.36. The van der Waals surface area contributed by atoms with E-state index in [0.29, 0.717) is 0 Å². The van der Waals surface area contributed by atoms with Gasteiger partial charge >= 0.3 is 0 Å². The summed E-state index contributed by atoms with van der Waals surface area (Å²) < 4.78 is 2.18. The summed E-state index contributed by atoms with van der Waals surface area (Å²) in [6.07, 6.45) is 0. The molecule has 0 atom stereocenters. The molecule has 4 heteroatoms. The second-order valence-corrected chi connectivity index (χ2v) is 4.56. The molecule has 0 unspecified atom stereocenters. The molecule has 1 aromatic heterocycles. The van der Waals surface area contributed by atoms with Gasteiger partial charge in [0.25, 0.3) is 0 Å². The van der Waals surface area contributed by atoms with Crippen molar-refractivity contribution in [1.82, 2.24) is 10.2 Å². The summed E-state index contributed by atoms with van der Waals surface area (Å²) in [5, 5.41) is 8.36. The van der Waals surface area contributed by atoms with E-state index in [1.165, 1.54) is 10.9 Å². The molecule has 0 aliphatic carbocycles. The number of hydrogen-bond acceptors (Lipinski definition) is 1. The number of halogens is 2. The first-order chi connectivity index (χ1) is 5.70. The summed E-state index contributed by atoms with van der Waals surface area (Å²) in [7, 11) is 0. The van der Waals surface area contributed by atoms with E-state index >= 15 is 0 Å². The molecule has 1 heterocycles. The van der Waals surface area contributed by atoms with Crippen LogP contribution in [-0.4, -0.2) is 10.2 Å². The van der Waals surface area contributed by atoms with Gasteiger partial charge < -0.3 is 0 Å². The van der Waals surface area contributed by atoms with E-state index in [2.05, 4.69) is 67.8 Å². The number of aromatic amines is 1. The Morgan fingerprint density at radius 3 is 2.92 bits per heavy atom. The number of aryl methyl sites for hydroxylation is 1. The molecule has 12 heavy (non-hydrogen) atoms. The molecule has 0 radical (unpaired) electrons. The fourth-order valence-corrected chi connectivity index (χ4v) is 2.74. The lowest BCUT2D eigenvalue weighted by molar-refractivity contribution is 1.09. The van der Waals surface area contributed by atoms with Crippen LogP contribution in [-0.2, 0) is 0 Å². The number of hydrogen-bond donors (Lipinski definition) is 1. The van der Waals surface area contributed by atoms with E-state index in [-0.39, 0.29) is 0 Å². The molecule has 1 aromatic carbocycles. The Morgan fingerprint density at radius 2 is 2.25 bits per heavy atom. The maximum atomic E-state index is 4.22. The van der Waals surface area contributed by atoms with Gasteiger partial charge in [-0.1, -0.05) is 6.07 Å². The molecule has 0 aliphatic heterocycles. The van der Waals surface area contributed by atoms with Crippen LogP contribution in [0.4, 0.5) is 0 Å². The summed E-state index contributed by atoms with van der Waals surface area (Å²) in [6, 6.07) is 4.11. The normalized spacial score (nSPS) is 10.9. The van der Waals surface area contributed by atoms with Crippen molar-refractivity contribution in [3.63, 3.8) is 0 Å². The Balaban J connectivity index is 2.98. The Labute approximate surface area is 92.0 Å². The van der Waals surface area contributed by atoms with Gasteiger partial charge in [-0.25, -0.2) is 0 Å². The average Bonchev–Trinajstić information content (AvgIpc) is 2.42. The van der Waals surface area contributed by atoms with Crippen molar-refractivity contribution >= 4 is 49.4 Å². The smallest absolute Gasteiger partial charge is 0.105 e. The molecule has 1 N–H and O–H groups in total. The minimum absolute atomic E-state index is 1.05. The van der Waals surface area contributed by atoms with Gasteiger partial charge in [0, 0.05) is 9.86 Å². The highest BCUT2D eigenvalue weighted by Crippen LogP contribution is 2.28. The first kappa shape index (κ1) is 8.50. The van der Waals surface area contributed by atoms with E-state index in [9.17, 15) is 0 Å². The third-order valence-electron chi connectivity index (χ3n) is 1.81. The largest absolute Gasteiger partial charge is 0.271 e. The molecule has 0 fully saturated rings. The summed E-state index contributed by atoms with van der Waals surface area (Å²) in [6.45, 7) is 2.06. The van der Waals surface area contributed by atoms with Gasteiger partial charge in [-0.3, -0.25) is 5.10 Å². The van der Waals surface area contributed by atoms with Gasteiger partial charge in [0.15, 0.2) is 0 Å². The predicted molar refractivity (Wildman–Crippen MR) is 61.2 cm³/mol. The third-order valence-corrected chi connectivity index (χ3v) is 3.26. The molecule has 2 aromatic rings. The van der Waals surface area contributed by atoms with Crippen LogP contribution >= 0.6 is 38.5 Å². The highest BCUT2D eigenvalue weighted by Gasteiger charge is 2.07. The fourth-order valence-electron chi connectivity index (χ4n) is 1.18. The monoisotopic (exact) mass is 336 g/mol. The zero-order chi connectivity index (χ0) is 8.72. The number of aromatic nitrogens is 2. The van der Waals surface area contributed by atoms with Crippen LogP contribution in [0.3, 0.4) is 0 Å². The van der Waals surface area contributed by atoms with E-state index < -0.39 is 0 Å². The van der Waals surface area contributed by atoms with Crippen molar-refractivity contribution in [2.45, 2.75) is 6.92 Å². The van der Waals surface area contributed by atoms with E-state index in [4.69, 9.17) is 0 Å². The maximum Gasteiger partial charge on any atom is 0.105 e. The molecule has 2 nitrogen and oxygen atoms in total. The Kier molecular flexibility index (Phi) is 2.12. The molecule has 0 amide bonds. The zero-order valence-electron chi connectivity index (χ0n) is 6.36. The average molecular weight is 337 g/mol. The minimum Gasteiger partial charge on any atom is -0.271 e. The molecule has 0 saturated heterocycles. The second kappa shape index (κ2) is 2.99. The lowest BCUT2D eigenvalue weighted by atomic mass is 10.2. The van der Waals surface area contributed by atoms with Gasteiger partial charge in [-0.05, 0) is 57.1 Å². The number of H-pyrrole nitrogens is 1. The molecule has 2 rings (SSSR count). The summed E-state index contributed by atoms with van der Waals surface area (Å²) >= 11 is 5.74. The van der Waals surface area contributed by atoms with Gasteiger partial charge in [0.2, 0.25) is 0 Å². The van der Waals surface area contributed by atoms with Gasteiger partial charge in [0.05, 0.1) is 5.52 Å². The number of rotatable bonds is 0. The van der Waals surface area contributed by atoms with E-state index in [1.54, 1.807) is 0 Å². The van der Waals surface area contributed by atoms with Gasteiger partial charge in [0.1, 0.15) is 3.70 Å². The highest BCUT2D eigenvalue weighted by atomic mass is 127. The molecule has 0 bridgehead atoms. The van der Waals surface area contributed by atoms with Crippen LogP contribution in [0.15, 0.2) is 16.6 Å². The first-order valence-electron chi connectivity index (χ1n) is 3.49. The molecule has 62 valence electrons. The van der Waals surface area contributed by atoms with Crippen LogP contribution < -0.4 is 0 Å². The van der Waals surface area contributed by atoms with Crippen LogP contribution in [0, 0.1) is 10.6 Å². The van der Waals surface area contributed by atoms with Crippen LogP contribution in [0.1, 0.15) is 5.56 Å². The van der Waals surface area contributed by atoms with Crippen molar-refractivity contribution in [2.75, 3.05) is 0 Å². The fraction of sp³-hybridized carbons (Fsp3) is 0.125. The van der Waals surface area contributed by atoms with Crippen molar-refractivity contribution in [2.24, 2.45) is 0 Å². The number of nitrogens with one attached hydrogen (secondary N) is 1. The predicted octanol–water partition coefficient (Wildman–Crippen LogP) is 3.24. The van der Waals surface area contributed by atoms with Gasteiger partial charge in [-0.15, -0.1) is 0 Å². The third kappa shape index (κ3) is 1.17. The Hall–Kier alpha value is -0.100. The molecule has 0 saturated carbocycles. The highest BCUT2D eigenvalue weighted by molar-refractivity contribution is 14.1. The summed E-state index contributed by atoms with van der Waals surface area (Å²) in [4.78, 5) is 0. The lowest BCUT2D eigenvalue weighted by Gasteiger charge is -1.96. The molecular weight excluding hydrogens is 331 g/mol. The Morgan fingerprint density at radius 1 is 1.50 bits per heavy atom. The zero-order valence-corrected chi connectivity index (χ0v) is 10.1. The number of fused-ring (bicyclic) bond motifs is 1. The Bertz CT molecular complexity index is 436. The van der Waals surface area contributed by atoms with Crippen LogP contribution in [0.2, 0.25) is 0 Å². The lowest BCUT2D eigenvalue weighted by Crippen LogP contribution is -1.77. The minimum atomic E-state index is 1.05. The summed E-state index contributed by atoms with van der Waals surface area (Å²) in [5.74, 6) is 0. The van der Waals surface area contributed by atoms with Crippen LogP contribution in [0.5, 0.6) is 0 Å². The van der Waals surface area contributed by atoms with Crippen molar-refractivity contribution < 1.29 is 0 Å². The van der Waals surface area contributed by atoms with Gasteiger partial charge in [-0.2, -0.15) is 5.10 Å². The SMILES string of the molecule is Cc1ccc(Br)c2c(I)[nH]nc12. The van der Waals surface area contributed by atoms with E-state index in [1.807, 2.05) is 0 Å². The molecular formula is C8H6BrIN2.